The van der Waals surface area contributed by atoms with Gasteiger partial charge in [0.05, 0.1) is 19.8 Å². The first-order chi connectivity index (χ1) is 15.7. The van der Waals surface area contributed by atoms with Gasteiger partial charge in [0, 0.05) is 44.5 Å². The lowest BCUT2D eigenvalue weighted by atomic mass is 10.1. The van der Waals surface area contributed by atoms with Crippen LogP contribution in [0.4, 0.5) is 20.2 Å². The van der Waals surface area contributed by atoms with Gasteiger partial charge in [0.15, 0.2) is 5.96 Å². The van der Waals surface area contributed by atoms with E-state index < -0.39 is 11.6 Å². The molecule has 2 N–H and O–H groups in total. The second-order valence-electron chi connectivity index (χ2n) is 8.07. The molecule has 0 radical (unpaired) electrons. The normalized spacial score (nSPS) is 19.3. The van der Waals surface area contributed by atoms with Crippen LogP contribution >= 0.6 is 0 Å². The number of nitrogens with zero attached hydrogens (tertiary/aromatic N) is 3. The van der Waals surface area contributed by atoms with Gasteiger partial charge in [-0.2, -0.15) is 0 Å². The minimum atomic E-state index is -0.522. The van der Waals surface area contributed by atoms with Gasteiger partial charge >= 0.3 is 0 Å². The van der Waals surface area contributed by atoms with E-state index in [2.05, 4.69) is 33.7 Å². The highest BCUT2D eigenvalue weighted by Gasteiger charge is 2.27. The van der Waals surface area contributed by atoms with Crippen LogP contribution in [0.15, 0.2) is 47.5 Å². The second-order valence-corrected chi connectivity index (χ2v) is 8.07. The van der Waals surface area contributed by atoms with Gasteiger partial charge in [0.2, 0.25) is 0 Å². The smallest absolute Gasteiger partial charge is 0.191 e. The Labute approximate surface area is 188 Å². The number of morpholine rings is 1. The zero-order chi connectivity index (χ0) is 22.3. The predicted octanol–water partition coefficient (Wildman–Crippen LogP) is 3.14. The summed E-state index contributed by atoms with van der Waals surface area (Å²) in [5, 5.41) is 6.74. The Morgan fingerprint density at radius 2 is 1.78 bits per heavy atom. The summed E-state index contributed by atoms with van der Waals surface area (Å²) in [5.74, 6) is -0.331. The SMILES string of the molecule is CCNC(=NCc1ccccc1N1CCOCC1)NC1CCN(c2c(F)cccc2F)C1. The van der Waals surface area contributed by atoms with Gasteiger partial charge in [0.25, 0.3) is 0 Å². The van der Waals surface area contributed by atoms with E-state index in [9.17, 15) is 8.78 Å². The molecule has 6 nitrogen and oxygen atoms in total. The summed E-state index contributed by atoms with van der Waals surface area (Å²) in [5.41, 5.74) is 2.41. The van der Waals surface area contributed by atoms with E-state index in [-0.39, 0.29) is 11.7 Å². The Kier molecular flexibility index (Phi) is 7.42. The lowest BCUT2D eigenvalue weighted by Gasteiger charge is -2.30. The van der Waals surface area contributed by atoms with Gasteiger partial charge in [-0.1, -0.05) is 24.3 Å². The van der Waals surface area contributed by atoms with Crippen molar-refractivity contribution < 1.29 is 13.5 Å². The highest BCUT2D eigenvalue weighted by atomic mass is 19.1. The van der Waals surface area contributed by atoms with Crippen molar-refractivity contribution in [3.8, 4) is 0 Å². The van der Waals surface area contributed by atoms with E-state index in [1.54, 1.807) is 4.90 Å². The summed E-state index contributed by atoms with van der Waals surface area (Å²) in [7, 11) is 0. The highest BCUT2D eigenvalue weighted by Crippen LogP contribution is 2.27. The standard InChI is InChI=1S/C24H31F2N5O/c1-2-27-24(28-16-18-6-3-4-9-22(18)30-12-14-32-15-13-30)29-19-10-11-31(17-19)23-20(25)7-5-8-21(23)26/h3-9,19H,2,10-17H2,1H3,(H2,27,28,29). The number of benzene rings is 2. The van der Waals surface area contributed by atoms with E-state index in [1.165, 1.54) is 23.9 Å². The first-order valence-corrected chi connectivity index (χ1v) is 11.3. The van der Waals surface area contributed by atoms with E-state index in [1.807, 2.05) is 13.0 Å². The molecule has 2 aromatic rings. The van der Waals surface area contributed by atoms with E-state index in [0.717, 1.165) is 44.8 Å². The van der Waals surface area contributed by atoms with Crippen molar-refractivity contribution >= 4 is 17.3 Å². The highest BCUT2D eigenvalue weighted by molar-refractivity contribution is 5.80. The van der Waals surface area contributed by atoms with Crippen LogP contribution in [0.2, 0.25) is 0 Å². The molecule has 1 atom stereocenters. The third kappa shape index (κ3) is 5.30. The maximum atomic E-state index is 14.2. The Hall–Kier alpha value is -2.87. The molecule has 2 heterocycles. The summed E-state index contributed by atoms with van der Waals surface area (Å²) < 4.78 is 33.8. The van der Waals surface area contributed by atoms with Crippen molar-refractivity contribution in [3.63, 3.8) is 0 Å². The molecular formula is C24H31F2N5O. The number of aliphatic imine (C=N–C) groups is 1. The van der Waals surface area contributed by atoms with Crippen LogP contribution in [0, 0.1) is 11.6 Å². The minimum absolute atomic E-state index is 0.0539. The number of halogens is 2. The number of anilines is 2. The summed E-state index contributed by atoms with van der Waals surface area (Å²) in [6, 6.07) is 12.4. The van der Waals surface area contributed by atoms with Gasteiger partial charge in [-0.25, -0.2) is 13.8 Å². The summed E-state index contributed by atoms with van der Waals surface area (Å²) in [4.78, 5) is 8.91. The van der Waals surface area contributed by atoms with E-state index in [4.69, 9.17) is 9.73 Å². The Morgan fingerprint density at radius 1 is 1.03 bits per heavy atom. The third-order valence-corrected chi connectivity index (χ3v) is 5.88. The van der Waals surface area contributed by atoms with Crippen molar-refractivity contribution in [1.82, 2.24) is 10.6 Å². The molecule has 2 aliphatic heterocycles. The third-order valence-electron chi connectivity index (χ3n) is 5.88. The maximum absolute atomic E-state index is 14.2. The van der Waals surface area contributed by atoms with Crippen LogP contribution < -0.4 is 20.4 Å². The van der Waals surface area contributed by atoms with Crippen LogP contribution in [-0.4, -0.2) is 57.9 Å². The zero-order valence-corrected chi connectivity index (χ0v) is 18.5. The Bertz CT molecular complexity index is 912. The van der Waals surface area contributed by atoms with Crippen molar-refractivity contribution in [2.24, 2.45) is 4.99 Å². The molecule has 1 unspecified atom stereocenters. The summed E-state index contributed by atoms with van der Waals surface area (Å²) >= 11 is 0. The Balaban J connectivity index is 1.42. The molecule has 2 aromatic carbocycles. The molecule has 0 spiro atoms. The largest absolute Gasteiger partial charge is 0.378 e. The van der Waals surface area contributed by atoms with E-state index >= 15 is 0 Å². The number of ether oxygens (including phenoxy) is 1. The quantitative estimate of drug-likeness (QED) is 0.531. The van der Waals surface area contributed by atoms with Gasteiger partial charge in [-0.3, -0.25) is 0 Å². The molecule has 0 amide bonds. The number of guanidine groups is 1. The molecule has 0 aromatic heterocycles. The van der Waals surface area contributed by atoms with Gasteiger partial charge in [0.1, 0.15) is 17.3 Å². The molecule has 172 valence electrons. The van der Waals surface area contributed by atoms with Crippen molar-refractivity contribution in [2.75, 3.05) is 55.7 Å². The molecule has 2 saturated heterocycles. The maximum Gasteiger partial charge on any atom is 0.191 e. The lowest BCUT2D eigenvalue weighted by Crippen LogP contribution is -2.44. The average molecular weight is 444 g/mol. The first kappa shape index (κ1) is 22.3. The van der Waals surface area contributed by atoms with Crippen LogP contribution in [0.5, 0.6) is 0 Å². The minimum Gasteiger partial charge on any atom is -0.378 e. The van der Waals surface area contributed by atoms with Crippen molar-refractivity contribution in [1.29, 1.82) is 0 Å². The van der Waals surface area contributed by atoms with Crippen LogP contribution in [-0.2, 0) is 11.3 Å². The topological polar surface area (TPSA) is 52.1 Å². The van der Waals surface area contributed by atoms with Crippen molar-refractivity contribution in [3.05, 3.63) is 59.7 Å². The van der Waals surface area contributed by atoms with Crippen LogP contribution in [0.3, 0.4) is 0 Å². The first-order valence-electron chi connectivity index (χ1n) is 11.3. The predicted molar refractivity (Wildman–Crippen MR) is 124 cm³/mol. The fourth-order valence-corrected chi connectivity index (χ4v) is 4.31. The Morgan fingerprint density at radius 3 is 2.53 bits per heavy atom. The number of para-hydroxylation sites is 2. The molecule has 32 heavy (non-hydrogen) atoms. The van der Waals surface area contributed by atoms with E-state index in [0.29, 0.717) is 25.6 Å². The monoisotopic (exact) mass is 443 g/mol. The van der Waals surface area contributed by atoms with Crippen LogP contribution in [0.1, 0.15) is 18.9 Å². The number of hydrogen-bond donors (Lipinski definition) is 2. The van der Waals surface area contributed by atoms with Crippen LogP contribution in [0.25, 0.3) is 0 Å². The molecule has 2 fully saturated rings. The number of hydrogen-bond acceptors (Lipinski definition) is 4. The molecule has 4 rings (SSSR count). The van der Waals surface area contributed by atoms with Gasteiger partial charge in [-0.05, 0) is 37.1 Å². The number of nitrogens with one attached hydrogen (secondary N) is 2. The molecule has 2 aliphatic rings. The fourth-order valence-electron chi connectivity index (χ4n) is 4.31. The molecule has 0 saturated carbocycles. The van der Waals surface area contributed by atoms with Gasteiger partial charge in [-0.15, -0.1) is 0 Å². The molecule has 0 aliphatic carbocycles. The summed E-state index contributed by atoms with van der Waals surface area (Å²) in [6.07, 6.45) is 0.780. The number of rotatable bonds is 6. The fraction of sp³-hybridized carbons (Fsp3) is 0.458. The van der Waals surface area contributed by atoms with Crippen molar-refractivity contribution in [2.45, 2.75) is 25.9 Å². The molecule has 8 heteroatoms. The van der Waals surface area contributed by atoms with Gasteiger partial charge < -0.3 is 25.2 Å². The summed E-state index contributed by atoms with van der Waals surface area (Å²) in [6.45, 7) is 7.64. The zero-order valence-electron chi connectivity index (χ0n) is 18.5. The molecule has 0 bridgehead atoms. The average Bonchev–Trinajstić information content (AvgIpc) is 3.26. The molecular weight excluding hydrogens is 412 g/mol. The second kappa shape index (κ2) is 10.6. The lowest BCUT2D eigenvalue weighted by molar-refractivity contribution is 0.122.